The van der Waals surface area contributed by atoms with Crippen LogP contribution in [0.1, 0.15) is 19.4 Å². The molecule has 100 valence electrons. The third-order valence-corrected chi connectivity index (χ3v) is 2.91. The fourth-order valence-corrected chi connectivity index (χ4v) is 1.85. The van der Waals surface area contributed by atoms with Crippen molar-refractivity contribution in [3.8, 4) is 5.75 Å². The average molecular weight is 277 g/mol. The van der Waals surface area contributed by atoms with Gasteiger partial charge in [-0.05, 0) is 49.7 Å². The normalized spacial score (nSPS) is 10.5. The summed E-state index contributed by atoms with van der Waals surface area (Å²) in [6.45, 7) is 4.70. The topological polar surface area (TPSA) is 34.1 Å². The molecule has 4 heteroatoms. The largest absolute Gasteiger partial charge is 0.491 e. The summed E-state index contributed by atoms with van der Waals surface area (Å²) in [7, 11) is 0. The summed E-state index contributed by atoms with van der Waals surface area (Å²) < 4.78 is 5.59. The predicted octanol–water partition coefficient (Wildman–Crippen LogP) is 4.13. The number of ether oxygens (including phenoxy) is 1. The highest BCUT2D eigenvalue weighted by Crippen LogP contribution is 2.19. The van der Waals surface area contributed by atoms with Crippen LogP contribution in [0.4, 0.5) is 5.69 Å². The van der Waals surface area contributed by atoms with E-state index in [1.165, 1.54) is 0 Å². The average Bonchev–Trinajstić information content (AvgIpc) is 2.39. The quantitative estimate of drug-likeness (QED) is 0.891. The van der Waals surface area contributed by atoms with Gasteiger partial charge in [0.15, 0.2) is 0 Å². The summed E-state index contributed by atoms with van der Waals surface area (Å²) >= 11 is 6.05. The molecule has 0 bridgehead atoms. The molecule has 19 heavy (non-hydrogen) atoms. The minimum atomic E-state index is 0.189. The fraction of sp³-hybridized carbons (Fsp3) is 0.267. The Kier molecular flexibility index (Phi) is 4.63. The molecule has 2 aromatic rings. The van der Waals surface area contributed by atoms with Gasteiger partial charge in [0, 0.05) is 24.6 Å². The minimum absolute atomic E-state index is 0.189. The van der Waals surface area contributed by atoms with Gasteiger partial charge in [-0.3, -0.25) is 4.98 Å². The van der Waals surface area contributed by atoms with Crippen molar-refractivity contribution in [3.05, 3.63) is 53.3 Å². The molecule has 0 spiro atoms. The van der Waals surface area contributed by atoms with Crippen molar-refractivity contribution < 1.29 is 4.74 Å². The van der Waals surface area contributed by atoms with Crippen LogP contribution in [0.15, 0.2) is 42.7 Å². The van der Waals surface area contributed by atoms with Gasteiger partial charge in [0.25, 0.3) is 0 Å². The van der Waals surface area contributed by atoms with E-state index in [0.29, 0.717) is 11.6 Å². The van der Waals surface area contributed by atoms with Crippen LogP contribution in [-0.4, -0.2) is 11.1 Å². The molecule has 1 aromatic carbocycles. The maximum absolute atomic E-state index is 6.05. The zero-order valence-electron chi connectivity index (χ0n) is 11.1. The minimum Gasteiger partial charge on any atom is -0.491 e. The first kappa shape index (κ1) is 13.7. The highest BCUT2D eigenvalue weighted by Gasteiger charge is 2.01. The van der Waals surface area contributed by atoms with Crippen molar-refractivity contribution in [2.45, 2.75) is 26.5 Å². The number of hydrogen-bond acceptors (Lipinski definition) is 3. The Balaban J connectivity index is 1.95. The third kappa shape index (κ3) is 4.14. The predicted molar refractivity (Wildman–Crippen MR) is 78.8 cm³/mol. The van der Waals surface area contributed by atoms with Crippen LogP contribution in [0, 0.1) is 0 Å². The number of rotatable bonds is 5. The van der Waals surface area contributed by atoms with Crippen molar-refractivity contribution >= 4 is 17.3 Å². The van der Waals surface area contributed by atoms with Gasteiger partial charge >= 0.3 is 0 Å². The summed E-state index contributed by atoms with van der Waals surface area (Å²) in [6.07, 6.45) is 3.58. The lowest BCUT2D eigenvalue weighted by Crippen LogP contribution is -2.05. The number of aromatic nitrogens is 1. The van der Waals surface area contributed by atoms with E-state index in [0.717, 1.165) is 17.0 Å². The SMILES string of the molecule is CC(C)Oc1ccc(NCc2ccncc2Cl)cc1. The Labute approximate surface area is 118 Å². The molecule has 0 amide bonds. The third-order valence-electron chi connectivity index (χ3n) is 2.57. The zero-order chi connectivity index (χ0) is 13.7. The first-order chi connectivity index (χ1) is 9.15. The van der Waals surface area contributed by atoms with Gasteiger partial charge in [-0.25, -0.2) is 0 Å². The second kappa shape index (κ2) is 6.43. The van der Waals surface area contributed by atoms with Gasteiger partial charge in [-0.2, -0.15) is 0 Å². The van der Waals surface area contributed by atoms with Gasteiger partial charge in [0.1, 0.15) is 5.75 Å². The van der Waals surface area contributed by atoms with E-state index in [1.807, 2.05) is 44.2 Å². The zero-order valence-corrected chi connectivity index (χ0v) is 11.8. The van der Waals surface area contributed by atoms with Crippen LogP contribution in [0.3, 0.4) is 0 Å². The molecule has 0 saturated heterocycles. The van der Waals surface area contributed by atoms with Crippen LogP contribution < -0.4 is 10.1 Å². The van der Waals surface area contributed by atoms with Gasteiger partial charge in [-0.15, -0.1) is 0 Å². The summed E-state index contributed by atoms with van der Waals surface area (Å²) in [4.78, 5) is 3.96. The molecule has 0 saturated carbocycles. The molecular weight excluding hydrogens is 260 g/mol. The Hall–Kier alpha value is -1.74. The molecule has 0 radical (unpaired) electrons. The molecule has 1 N–H and O–H groups in total. The van der Waals surface area contributed by atoms with Gasteiger partial charge < -0.3 is 10.1 Å². The van der Waals surface area contributed by atoms with E-state index >= 15 is 0 Å². The smallest absolute Gasteiger partial charge is 0.119 e. The molecule has 0 aliphatic rings. The second-order valence-electron chi connectivity index (χ2n) is 4.51. The molecular formula is C15H17ClN2O. The first-order valence-corrected chi connectivity index (χ1v) is 6.62. The fourth-order valence-electron chi connectivity index (χ4n) is 1.67. The van der Waals surface area contributed by atoms with Gasteiger partial charge in [-0.1, -0.05) is 11.6 Å². The van der Waals surface area contributed by atoms with Crippen molar-refractivity contribution in [2.75, 3.05) is 5.32 Å². The molecule has 0 unspecified atom stereocenters. The van der Waals surface area contributed by atoms with Crippen LogP contribution in [0.25, 0.3) is 0 Å². The Bertz CT molecular complexity index is 526. The summed E-state index contributed by atoms with van der Waals surface area (Å²) in [5.41, 5.74) is 2.06. The summed E-state index contributed by atoms with van der Waals surface area (Å²) in [6, 6.07) is 9.80. The number of anilines is 1. The molecule has 3 nitrogen and oxygen atoms in total. The maximum atomic E-state index is 6.05. The summed E-state index contributed by atoms with van der Waals surface area (Å²) in [5.74, 6) is 0.877. The van der Waals surface area contributed by atoms with Crippen molar-refractivity contribution in [1.82, 2.24) is 4.98 Å². The maximum Gasteiger partial charge on any atom is 0.119 e. The number of pyridine rings is 1. The molecule has 0 aliphatic heterocycles. The van der Waals surface area contributed by atoms with Crippen molar-refractivity contribution in [3.63, 3.8) is 0 Å². The van der Waals surface area contributed by atoms with Gasteiger partial charge in [0.2, 0.25) is 0 Å². The van der Waals surface area contributed by atoms with Crippen LogP contribution in [0.2, 0.25) is 5.02 Å². The summed E-state index contributed by atoms with van der Waals surface area (Å²) in [5, 5.41) is 3.99. The lowest BCUT2D eigenvalue weighted by molar-refractivity contribution is 0.242. The number of nitrogens with zero attached hydrogens (tertiary/aromatic N) is 1. The Morgan fingerprint density at radius 1 is 1.21 bits per heavy atom. The van der Waals surface area contributed by atoms with E-state index < -0.39 is 0 Å². The van der Waals surface area contributed by atoms with E-state index in [9.17, 15) is 0 Å². The Morgan fingerprint density at radius 3 is 2.58 bits per heavy atom. The van der Waals surface area contributed by atoms with E-state index in [2.05, 4.69) is 10.3 Å². The number of hydrogen-bond donors (Lipinski definition) is 1. The van der Waals surface area contributed by atoms with Crippen LogP contribution in [-0.2, 0) is 6.54 Å². The van der Waals surface area contributed by atoms with Crippen LogP contribution >= 0.6 is 11.6 Å². The molecule has 0 atom stereocenters. The van der Waals surface area contributed by atoms with Crippen LogP contribution in [0.5, 0.6) is 5.75 Å². The number of benzene rings is 1. The lowest BCUT2D eigenvalue weighted by atomic mass is 10.2. The molecule has 1 heterocycles. The molecule has 0 aliphatic carbocycles. The standard InChI is InChI=1S/C15H17ClN2O/c1-11(2)19-14-5-3-13(4-6-14)18-9-12-7-8-17-10-15(12)16/h3-8,10-11,18H,9H2,1-2H3. The first-order valence-electron chi connectivity index (χ1n) is 6.24. The van der Waals surface area contributed by atoms with Crippen molar-refractivity contribution in [2.24, 2.45) is 0 Å². The highest BCUT2D eigenvalue weighted by atomic mass is 35.5. The van der Waals surface area contributed by atoms with Gasteiger partial charge in [0.05, 0.1) is 11.1 Å². The van der Waals surface area contributed by atoms with E-state index in [4.69, 9.17) is 16.3 Å². The lowest BCUT2D eigenvalue weighted by Gasteiger charge is -2.11. The molecule has 0 fully saturated rings. The van der Waals surface area contributed by atoms with Crippen molar-refractivity contribution in [1.29, 1.82) is 0 Å². The van der Waals surface area contributed by atoms with E-state index in [1.54, 1.807) is 12.4 Å². The highest BCUT2D eigenvalue weighted by molar-refractivity contribution is 6.31. The number of halogens is 1. The molecule has 1 aromatic heterocycles. The Morgan fingerprint density at radius 2 is 1.95 bits per heavy atom. The number of nitrogens with one attached hydrogen (secondary N) is 1. The second-order valence-corrected chi connectivity index (χ2v) is 4.92. The monoisotopic (exact) mass is 276 g/mol. The van der Waals surface area contributed by atoms with E-state index in [-0.39, 0.29) is 6.10 Å². The molecule has 2 rings (SSSR count).